The fraction of sp³-hybridized carbons (Fsp3) is 0.375. The van der Waals surface area contributed by atoms with Crippen LogP contribution in [-0.2, 0) is 19.1 Å². The Morgan fingerprint density at radius 1 is 0.897 bits per heavy atom. The molecule has 2 aromatic carbocycles. The van der Waals surface area contributed by atoms with E-state index >= 15 is 0 Å². The largest absolute Gasteiger partial charge is 0.469 e. The molecule has 5 nitrogen and oxygen atoms in total. The molecule has 2 atom stereocenters. The molecule has 154 valence electrons. The van der Waals surface area contributed by atoms with E-state index in [1.807, 2.05) is 81.4 Å². The normalized spacial score (nSPS) is 13.1. The van der Waals surface area contributed by atoms with Gasteiger partial charge in [-0.2, -0.15) is 0 Å². The molecule has 0 amide bonds. The van der Waals surface area contributed by atoms with E-state index in [1.54, 1.807) is 6.92 Å². The van der Waals surface area contributed by atoms with Crippen molar-refractivity contribution in [2.24, 2.45) is 10.9 Å². The van der Waals surface area contributed by atoms with Crippen molar-refractivity contribution in [1.82, 2.24) is 0 Å². The molecule has 2 aromatic rings. The summed E-state index contributed by atoms with van der Waals surface area (Å²) in [6.07, 6.45) is 0.199. The molecule has 0 saturated carbocycles. The maximum absolute atomic E-state index is 12.9. The van der Waals surface area contributed by atoms with E-state index in [1.165, 1.54) is 7.11 Å². The maximum atomic E-state index is 12.9. The summed E-state index contributed by atoms with van der Waals surface area (Å²) in [5, 5.41) is 0. The minimum atomic E-state index is -0.835. The standard InChI is InChI=1S/C24H29NO4/c1-17(22(26)28-5)16-20(23(27)29-24(2,3)4)25-21(18-12-8-6-9-13-18)19-14-10-7-11-15-19/h6-15,17,20H,16H2,1-5H3/t17-,20+/m0/s1. The molecule has 0 unspecified atom stereocenters. The number of hydrogen-bond acceptors (Lipinski definition) is 5. The Morgan fingerprint density at radius 3 is 1.79 bits per heavy atom. The third-order valence-corrected chi connectivity index (χ3v) is 4.24. The van der Waals surface area contributed by atoms with Crippen molar-refractivity contribution < 1.29 is 19.1 Å². The predicted octanol–water partition coefficient (Wildman–Crippen LogP) is 4.43. The molecule has 29 heavy (non-hydrogen) atoms. The van der Waals surface area contributed by atoms with Gasteiger partial charge in [0.2, 0.25) is 0 Å². The fourth-order valence-corrected chi connectivity index (χ4v) is 2.87. The van der Waals surface area contributed by atoms with Gasteiger partial charge in [0.1, 0.15) is 11.6 Å². The van der Waals surface area contributed by atoms with Crippen molar-refractivity contribution in [3.63, 3.8) is 0 Å². The summed E-state index contributed by atoms with van der Waals surface area (Å²) in [7, 11) is 1.34. The molecule has 0 aliphatic rings. The Bertz CT molecular complexity index is 797. The number of carbonyl (C=O) groups is 2. The zero-order chi connectivity index (χ0) is 21.4. The molecular formula is C24H29NO4. The molecule has 0 spiro atoms. The Hall–Kier alpha value is -2.95. The van der Waals surface area contributed by atoms with Gasteiger partial charge in [0.15, 0.2) is 0 Å². The van der Waals surface area contributed by atoms with Gasteiger partial charge in [-0.1, -0.05) is 67.6 Å². The summed E-state index contributed by atoms with van der Waals surface area (Å²) in [5.41, 5.74) is 1.80. The first-order valence-electron chi connectivity index (χ1n) is 9.70. The van der Waals surface area contributed by atoms with E-state index in [4.69, 9.17) is 14.5 Å². The smallest absolute Gasteiger partial charge is 0.331 e. The van der Waals surface area contributed by atoms with Gasteiger partial charge in [-0.15, -0.1) is 0 Å². The van der Waals surface area contributed by atoms with Crippen molar-refractivity contribution in [1.29, 1.82) is 0 Å². The van der Waals surface area contributed by atoms with Crippen LogP contribution < -0.4 is 0 Å². The summed E-state index contributed by atoms with van der Waals surface area (Å²) in [6, 6.07) is 18.5. The molecule has 0 aliphatic carbocycles. The second kappa shape index (κ2) is 10.0. The highest BCUT2D eigenvalue weighted by molar-refractivity contribution is 6.13. The lowest BCUT2D eigenvalue weighted by Crippen LogP contribution is -2.34. The number of aliphatic imine (C=N–C) groups is 1. The lowest BCUT2D eigenvalue weighted by molar-refractivity contribution is -0.157. The monoisotopic (exact) mass is 395 g/mol. The number of esters is 2. The number of carbonyl (C=O) groups excluding carboxylic acids is 2. The summed E-state index contributed by atoms with van der Waals surface area (Å²) in [4.78, 5) is 29.7. The highest BCUT2D eigenvalue weighted by Crippen LogP contribution is 2.20. The van der Waals surface area contributed by atoms with Crippen LogP contribution in [0.1, 0.15) is 45.2 Å². The lowest BCUT2D eigenvalue weighted by atomic mass is 9.99. The molecule has 0 N–H and O–H groups in total. The van der Waals surface area contributed by atoms with Gasteiger partial charge >= 0.3 is 11.9 Å². The SMILES string of the molecule is COC(=O)[C@@H](C)C[C@@H](N=C(c1ccccc1)c1ccccc1)C(=O)OC(C)(C)C. The van der Waals surface area contributed by atoms with Crippen molar-refractivity contribution >= 4 is 17.7 Å². The van der Waals surface area contributed by atoms with Crippen LogP contribution in [0.2, 0.25) is 0 Å². The third kappa shape index (κ3) is 6.86. The van der Waals surface area contributed by atoms with Crippen LogP contribution in [0.25, 0.3) is 0 Å². The van der Waals surface area contributed by atoms with E-state index in [-0.39, 0.29) is 12.4 Å². The quantitative estimate of drug-likeness (QED) is 0.514. The number of methoxy groups -OCH3 is 1. The molecule has 0 fully saturated rings. The second-order valence-electron chi connectivity index (χ2n) is 7.92. The van der Waals surface area contributed by atoms with Gasteiger partial charge in [0.25, 0.3) is 0 Å². The van der Waals surface area contributed by atoms with E-state index < -0.39 is 23.5 Å². The van der Waals surface area contributed by atoms with Crippen molar-refractivity contribution in [2.45, 2.75) is 45.8 Å². The van der Waals surface area contributed by atoms with Gasteiger partial charge in [-0.05, 0) is 27.2 Å². The van der Waals surface area contributed by atoms with Gasteiger partial charge in [0, 0.05) is 11.1 Å². The molecule has 0 saturated heterocycles. The Labute approximate surface area is 172 Å². The lowest BCUT2D eigenvalue weighted by Gasteiger charge is -2.24. The molecule has 0 heterocycles. The average Bonchev–Trinajstić information content (AvgIpc) is 2.70. The Balaban J connectivity index is 2.50. The fourth-order valence-electron chi connectivity index (χ4n) is 2.87. The minimum Gasteiger partial charge on any atom is -0.469 e. The first-order chi connectivity index (χ1) is 13.7. The van der Waals surface area contributed by atoms with Crippen LogP contribution in [0.5, 0.6) is 0 Å². The third-order valence-electron chi connectivity index (χ3n) is 4.24. The summed E-state index contributed by atoms with van der Waals surface area (Å²) < 4.78 is 10.4. The number of ether oxygens (including phenoxy) is 2. The van der Waals surface area contributed by atoms with E-state index in [2.05, 4.69) is 0 Å². The first kappa shape index (κ1) is 22.3. The summed E-state index contributed by atoms with van der Waals surface area (Å²) in [5.74, 6) is -1.33. The molecular weight excluding hydrogens is 366 g/mol. The molecule has 0 bridgehead atoms. The highest BCUT2D eigenvalue weighted by atomic mass is 16.6. The van der Waals surface area contributed by atoms with Gasteiger partial charge in [-0.25, -0.2) is 4.79 Å². The zero-order valence-corrected chi connectivity index (χ0v) is 17.7. The van der Waals surface area contributed by atoms with Crippen LogP contribution in [0, 0.1) is 5.92 Å². The molecule has 2 rings (SSSR count). The zero-order valence-electron chi connectivity index (χ0n) is 17.7. The van der Waals surface area contributed by atoms with Gasteiger partial charge in [0.05, 0.1) is 18.7 Å². The minimum absolute atomic E-state index is 0.199. The van der Waals surface area contributed by atoms with E-state index in [0.29, 0.717) is 5.71 Å². The second-order valence-corrected chi connectivity index (χ2v) is 7.92. The number of nitrogens with zero attached hydrogens (tertiary/aromatic N) is 1. The summed E-state index contributed by atoms with van der Waals surface area (Å²) >= 11 is 0. The van der Waals surface area contributed by atoms with Gasteiger partial charge < -0.3 is 9.47 Å². The predicted molar refractivity (Wildman–Crippen MR) is 114 cm³/mol. The Morgan fingerprint density at radius 2 is 1.38 bits per heavy atom. The first-order valence-corrected chi connectivity index (χ1v) is 9.70. The maximum Gasteiger partial charge on any atom is 0.331 e. The molecule has 0 radical (unpaired) electrons. The van der Waals surface area contributed by atoms with Crippen molar-refractivity contribution in [2.75, 3.05) is 7.11 Å². The summed E-state index contributed by atoms with van der Waals surface area (Å²) in [6.45, 7) is 7.16. The van der Waals surface area contributed by atoms with Crippen molar-refractivity contribution in [3.8, 4) is 0 Å². The van der Waals surface area contributed by atoms with Crippen LogP contribution in [0.3, 0.4) is 0 Å². The van der Waals surface area contributed by atoms with E-state index in [0.717, 1.165) is 11.1 Å². The average molecular weight is 395 g/mol. The van der Waals surface area contributed by atoms with Crippen LogP contribution in [0.4, 0.5) is 0 Å². The molecule has 0 aromatic heterocycles. The molecule has 5 heteroatoms. The van der Waals surface area contributed by atoms with E-state index in [9.17, 15) is 9.59 Å². The number of hydrogen-bond donors (Lipinski definition) is 0. The number of benzene rings is 2. The highest BCUT2D eigenvalue weighted by Gasteiger charge is 2.29. The van der Waals surface area contributed by atoms with Crippen LogP contribution in [-0.4, -0.2) is 36.4 Å². The molecule has 0 aliphatic heterocycles. The van der Waals surface area contributed by atoms with Crippen LogP contribution >= 0.6 is 0 Å². The van der Waals surface area contributed by atoms with Crippen LogP contribution in [0.15, 0.2) is 65.7 Å². The number of rotatable bonds is 7. The van der Waals surface area contributed by atoms with Crippen molar-refractivity contribution in [3.05, 3.63) is 71.8 Å². The Kier molecular flexibility index (Phi) is 7.71. The topological polar surface area (TPSA) is 65.0 Å². The van der Waals surface area contributed by atoms with Gasteiger partial charge in [-0.3, -0.25) is 9.79 Å².